The summed E-state index contributed by atoms with van der Waals surface area (Å²) in [4.78, 5) is 4.69. The van der Waals surface area contributed by atoms with Gasteiger partial charge in [0.2, 0.25) is 5.88 Å². The van der Waals surface area contributed by atoms with Crippen LogP contribution in [0, 0.1) is 6.92 Å². The number of aromatic nitrogens is 1. The number of ether oxygens (including phenoxy) is 1. The summed E-state index contributed by atoms with van der Waals surface area (Å²) in [7, 11) is -3.26. The number of nitrogens with zero attached hydrogens (tertiary/aromatic N) is 1. The third-order valence-corrected chi connectivity index (χ3v) is 7.22. The second kappa shape index (κ2) is 6.96. The van der Waals surface area contributed by atoms with Gasteiger partial charge >= 0.3 is 0 Å². The zero-order chi connectivity index (χ0) is 18.2. The fourth-order valence-electron chi connectivity index (χ4n) is 2.94. The number of sulfone groups is 1. The smallest absolute Gasteiger partial charge is 0.222 e. The fraction of sp³-hybridized carbons (Fsp3) is 0.421. The SMILES string of the molecule is CCc1cnc(Oc2ccc(S(=O)(=O)C3CC3)cc2Cl)c(CC)c1C. The van der Waals surface area contributed by atoms with Crippen LogP contribution in [0.3, 0.4) is 0 Å². The van der Waals surface area contributed by atoms with Crippen molar-refractivity contribution in [1.29, 1.82) is 0 Å². The highest BCUT2D eigenvalue weighted by molar-refractivity contribution is 7.92. The van der Waals surface area contributed by atoms with Crippen LogP contribution in [-0.2, 0) is 22.7 Å². The molecule has 25 heavy (non-hydrogen) atoms. The highest BCUT2D eigenvalue weighted by atomic mass is 35.5. The van der Waals surface area contributed by atoms with Crippen LogP contribution in [-0.4, -0.2) is 18.7 Å². The van der Waals surface area contributed by atoms with E-state index in [1.54, 1.807) is 12.1 Å². The van der Waals surface area contributed by atoms with Crippen molar-refractivity contribution in [2.75, 3.05) is 0 Å². The maximum absolute atomic E-state index is 12.3. The highest BCUT2D eigenvalue weighted by Crippen LogP contribution is 2.38. The van der Waals surface area contributed by atoms with Crippen molar-refractivity contribution in [3.63, 3.8) is 0 Å². The van der Waals surface area contributed by atoms with E-state index in [4.69, 9.17) is 16.3 Å². The van der Waals surface area contributed by atoms with Crippen LogP contribution in [0.2, 0.25) is 5.02 Å². The molecule has 0 radical (unpaired) electrons. The van der Waals surface area contributed by atoms with Gasteiger partial charge < -0.3 is 4.74 Å². The Labute approximate surface area is 154 Å². The van der Waals surface area contributed by atoms with Gasteiger partial charge in [0, 0.05) is 11.8 Å². The molecule has 0 amide bonds. The van der Waals surface area contributed by atoms with Crippen LogP contribution >= 0.6 is 11.6 Å². The molecule has 1 aromatic carbocycles. The number of hydrogen-bond donors (Lipinski definition) is 0. The predicted molar refractivity (Wildman–Crippen MR) is 99.5 cm³/mol. The quantitative estimate of drug-likeness (QED) is 0.716. The Bertz CT molecular complexity index is 905. The van der Waals surface area contributed by atoms with E-state index in [2.05, 4.69) is 25.8 Å². The molecule has 1 saturated carbocycles. The van der Waals surface area contributed by atoms with E-state index in [1.165, 1.54) is 17.2 Å². The maximum atomic E-state index is 12.3. The van der Waals surface area contributed by atoms with Crippen molar-refractivity contribution in [3.8, 4) is 11.6 Å². The number of pyridine rings is 1. The Morgan fingerprint density at radius 2 is 1.96 bits per heavy atom. The molecule has 1 heterocycles. The molecule has 0 N–H and O–H groups in total. The Hall–Kier alpha value is -1.59. The van der Waals surface area contributed by atoms with E-state index in [9.17, 15) is 8.42 Å². The van der Waals surface area contributed by atoms with Gasteiger partial charge in [0.05, 0.1) is 15.2 Å². The number of aryl methyl sites for hydroxylation is 1. The molecule has 1 aliphatic rings. The molecule has 2 aromatic rings. The number of hydrogen-bond acceptors (Lipinski definition) is 4. The molecule has 0 aliphatic heterocycles. The molecule has 0 bridgehead atoms. The molecule has 1 aromatic heterocycles. The fourth-order valence-corrected chi connectivity index (χ4v) is 4.91. The second-order valence-electron chi connectivity index (χ2n) is 6.34. The van der Waals surface area contributed by atoms with Crippen molar-refractivity contribution in [3.05, 3.63) is 46.1 Å². The number of halogens is 1. The molecule has 3 rings (SSSR count). The standard InChI is InChI=1S/C19H22ClNO3S/c1-4-13-11-21-19(16(5-2)12(13)3)24-18-9-8-15(10-17(18)20)25(22,23)14-6-7-14/h8-11,14H,4-7H2,1-3H3. The van der Waals surface area contributed by atoms with Crippen LogP contribution in [0.15, 0.2) is 29.3 Å². The van der Waals surface area contributed by atoms with E-state index in [0.29, 0.717) is 11.6 Å². The van der Waals surface area contributed by atoms with Crippen molar-refractivity contribution in [1.82, 2.24) is 4.98 Å². The summed E-state index contributed by atoms with van der Waals surface area (Å²) in [6.07, 6.45) is 4.99. The summed E-state index contributed by atoms with van der Waals surface area (Å²) in [5.41, 5.74) is 3.42. The molecule has 0 spiro atoms. The monoisotopic (exact) mass is 379 g/mol. The third kappa shape index (κ3) is 3.53. The van der Waals surface area contributed by atoms with Gasteiger partial charge in [-0.2, -0.15) is 0 Å². The largest absolute Gasteiger partial charge is 0.437 e. The molecule has 4 nitrogen and oxygen atoms in total. The lowest BCUT2D eigenvalue weighted by molar-refractivity contribution is 0.455. The van der Waals surface area contributed by atoms with Crippen molar-refractivity contribution < 1.29 is 13.2 Å². The van der Waals surface area contributed by atoms with E-state index < -0.39 is 9.84 Å². The molecule has 134 valence electrons. The van der Waals surface area contributed by atoms with E-state index >= 15 is 0 Å². The average Bonchev–Trinajstić information content (AvgIpc) is 3.42. The number of benzene rings is 1. The van der Waals surface area contributed by atoms with Gasteiger partial charge in [-0.15, -0.1) is 0 Å². The Morgan fingerprint density at radius 3 is 2.52 bits per heavy atom. The molecule has 0 saturated heterocycles. The minimum absolute atomic E-state index is 0.257. The summed E-state index contributed by atoms with van der Waals surface area (Å²) in [6, 6.07) is 4.65. The van der Waals surface area contributed by atoms with Crippen LogP contribution in [0.5, 0.6) is 11.6 Å². The highest BCUT2D eigenvalue weighted by Gasteiger charge is 2.37. The number of rotatable bonds is 6. The molecule has 0 atom stereocenters. The third-order valence-electron chi connectivity index (χ3n) is 4.67. The van der Waals surface area contributed by atoms with Gasteiger partial charge in [-0.1, -0.05) is 25.4 Å². The van der Waals surface area contributed by atoms with E-state index in [1.807, 2.05) is 6.20 Å². The summed E-state index contributed by atoms with van der Waals surface area (Å²) in [5, 5.41) is 0.0238. The minimum Gasteiger partial charge on any atom is -0.437 e. The lowest BCUT2D eigenvalue weighted by atomic mass is 10.0. The van der Waals surface area contributed by atoms with Gasteiger partial charge in [0.15, 0.2) is 9.84 Å². The van der Waals surface area contributed by atoms with Crippen LogP contribution in [0.1, 0.15) is 43.4 Å². The lowest BCUT2D eigenvalue weighted by Crippen LogP contribution is -2.07. The first kappa shape index (κ1) is 18.2. The average molecular weight is 380 g/mol. The summed E-state index contributed by atoms with van der Waals surface area (Å²) >= 11 is 6.29. The van der Waals surface area contributed by atoms with Crippen molar-refractivity contribution in [2.45, 2.75) is 56.6 Å². The van der Waals surface area contributed by atoms with Gasteiger partial charge in [-0.05, 0) is 61.9 Å². The Balaban J connectivity index is 1.93. The summed E-state index contributed by atoms with van der Waals surface area (Å²) in [5.74, 6) is 0.944. The molecule has 0 unspecified atom stereocenters. The Kier molecular flexibility index (Phi) is 5.07. The zero-order valence-electron chi connectivity index (χ0n) is 14.7. The van der Waals surface area contributed by atoms with Crippen molar-refractivity contribution >= 4 is 21.4 Å². The van der Waals surface area contributed by atoms with Gasteiger partial charge in [0.25, 0.3) is 0 Å². The van der Waals surface area contributed by atoms with Crippen LogP contribution in [0.25, 0.3) is 0 Å². The molecular weight excluding hydrogens is 358 g/mol. The zero-order valence-corrected chi connectivity index (χ0v) is 16.2. The minimum atomic E-state index is -3.26. The van der Waals surface area contributed by atoms with Crippen LogP contribution < -0.4 is 4.74 Å². The van der Waals surface area contributed by atoms with Gasteiger partial charge in [-0.3, -0.25) is 0 Å². The maximum Gasteiger partial charge on any atom is 0.222 e. The second-order valence-corrected chi connectivity index (χ2v) is 8.97. The van der Waals surface area contributed by atoms with Crippen molar-refractivity contribution in [2.24, 2.45) is 0 Å². The van der Waals surface area contributed by atoms with Crippen LogP contribution in [0.4, 0.5) is 0 Å². The molecule has 1 aliphatic carbocycles. The van der Waals surface area contributed by atoms with E-state index in [0.717, 1.165) is 31.2 Å². The van der Waals surface area contributed by atoms with E-state index in [-0.39, 0.29) is 15.2 Å². The molecular formula is C19H22ClNO3S. The summed E-state index contributed by atoms with van der Waals surface area (Å²) in [6.45, 7) is 6.22. The molecule has 1 fully saturated rings. The normalized spacial score (nSPS) is 14.6. The van der Waals surface area contributed by atoms with Gasteiger partial charge in [0.1, 0.15) is 5.75 Å². The first-order valence-corrected chi connectivity index (χ1v) is 10.5. The molecule has 6 heteroatoms. The lowest BCUT2D eigenvalue weighted by Gasteiger charge is -2.15. The van der Waals surface area contributed by atoms with Gasteiger partial charge in [-0.25, -0.2) is 13.4 Å². The Morgan fingerprint density at radius 1 is 1.24 bits per heavy atom. The topological polar surface area (TPSA) is 56.3 Å². The summed E-state index contributed by atoms with van der Waals surface area (Å²) < 4.78 is 30.6. The first-order chi connectivity index (χ1) is 11.9. The predicted octanol–water partition coefficient (Wildman–Crippen LogP) is 4.90. The first-order valence-electron chi connectivity index (χ1n) is 8.57.